The Labute approximate surface area is 225 Å². The van der Waals surface area contributed by atoms with Gasteiger partial charge in [-0.25, -0.2) is 13.1 Å². The van der Waals surface area contributed by atoms with E-state index in [4.69, 9.17) is 4.74 Å². The summed E-state index contributed by atoms with van der Waals surface area (Å²) < 4.78 is 35.8. The number of carbonyl (C=O) groups excluding carboxylic acids is 1. The molecule has 1 atom stereocenters. The number of piperazine rings is 1. The number of benzene rings is 3. The molecule has 3 aromatic carbocycles. The summed E-state index contributed by atoms with van der Waals surface area (Å²) in [4.78, 5) is 16.7. The molecule has 1 heterocycles. The first-order valence-corrected chi connectivity index (χ1v) is 14.4. The number of methoxy groups -OCH3 is 1. The summed E-state index contributed by atoms with van der Waals surface area (Å²) in [5, 5.41) is 2.84. The zero-order valence-corrected chi connectivity index (χ0v) is 23.0. The van der Waals surface area contributed by atoms with E-state index in [0.29, 0.717) is 50.4 Å². The summed E-state index contributed by atoms with van der Waals surface area (Å²) in [7, 11) is -2.25. The van der Waals surface area contributed by atoms with Gasteiger partial charge in [-0.3, -0.25) is 4.79 Å². The van der Waals surface area contributed by atoms with E-state index in [-0.39, 0.29) is 10.8 Å². The molecule has 1 amide bonds. The Hall–Kier alpha value is -3.56. The number of amides is 1. The number of nitrogens with zero attached hydrogens (tertiary/aromatic N) is 2. The maximum absolute atomic E-state index is 13.7. The fourth-order valence-electron chi connectivity index (χ4n) is 4.70. The summed E-state index contributed by atoms with van der Waals surface area (Å²) in [5.41, 5.74) is 2.98. The van der Waals surface area contributed by atoms with E-state index >= 15 is 0 Å². The van der Waals surface area contributed by atoms with Crippen molar-refractivity contribution >= 4 is 33.0 Å². The number of hydrogen-bond donors (Lipinski definition) is 2. The lowest BCUT2D eigenvalue weighted by Crippen LogP contribution is -2.47. The van der Waals surface area contributed by atoms with Crippen molar-refractivity contribution < 1.29 is 17.9 Å². The number of para-hydroxylation sites is 2. The summed E-state index contributed by atoms with van der Waals surface area (Å²) in [5.74, 6) is 0.676. The van der Waals surface area contributed by atoms with E-state index < -0.39 is 16.1 Å². The molecule has 0 aliphatic carbocycles. The fourth-order valence-corrected chi connectivity index (χ4v) is 6.19. The fraction of sp³-hybridized carbons (Fsp3) is 0.345. The molecule has 0 saturated carbocycles. The molecule has 0 aromatic heterocycles. The third kappa shape index (κ3) is 6.46. The van der Waals surface area contributed by atoms with E-state index in [1.54, 1.807) is 25.3 Å². The highest BCUT2D eigenvalue weighted by Crippen LogP contribution is 2.33. The van der Waals surface area contributed by atoms with Crippen molar-refractivity contribution in [1.29, 1.82) is 0 Å². The summed E-state index contributed by atoms with van der Waals surface area (Å²) in [6.45, 7) is 6.45. The van der Waals surface area contributed by atoms with Crippen LogP contribution in [-0.2, 0) is 14.8 Å². The Kier molecular flexibility index (Phi) is 8.91. The predicted molar refractivity (Wildman–Crippen MR) is 153 cm³/mol. The third-order valence-corrected chi connectivity index (χ3v) is 8.26. The number of nitrogens with one attached hydrogen (secondary N) is 2. The number of anilines is 3. The first-order valence-electron chi connectivity index (χ1n) is 13.0. The van der Waals surface area contributed by atoms with Crippen LogP contribution in [0.25, 0.3) is 0 Å². The zero-order chi connectivity index (χ0) is 27.1. The normalized spacial score (nSPS) is 14.7. The summed E-state index contributed by atoms with van der Waals surface area (Å²) in [6, 6.07) is 22.1. The largest absolute Gasteiger partial charge is 0.495 e. The van der Waals surface area contributed by atoms with Gasteiger partial charge in [0.2, 0.25) is 15.9 Å². The molecule has 0 bridgehead atoms. The van der Waals surface area contributed by atoms with Crippen LogP contribution >= 0.6 is 0 Å². The minimum Gasteiger partial charge on any atom is -0.495 e. The molecule has 1 aliphatic heterocycles. The molecule has 1 aliphatic rings. The van der Waals surface area contributed by atoms with Gasteiger partial charge in [0.1, 0.15) is 10.6 Å². The van der Waals surface area contributed by atoms with Crippen LogP contribution in [0.2, 0.25) is 0 Å². The smallest absolute Gasteiger partial charge is 0.243 e. The third-order valence-electron chi connectivity index (χ3n) is 6.69. The average Bonchev–Trinajstić information content (AvgIpc) is 2.93. The molecule has 3 aromatic rings. The molecular formula is C29H36N4O4S. The molecule has 38 heavy (non-hydrogen) atoms. The van der Waals surface area contributed by atoms with Gasteiger partial charge >= 0.3 is 0 Å². The minimum atomic E-state index is -3.91. The van der Waals surface area contributed by atoms with E-state index in [1.807, 2.05) is 68.4 Å². The molecule has 2 N–H and O–H groups in total. The van der Waals surface area contributed by atoms with Gasteiger partial charge in [-0.05, 0) is 49.2 Å². The van der Waals surface area contributed by atoms with Crippen LogP contribution in [0.1, 0.15) is 38.3 Å². The highest BCUT2D eigenvalue weighted by Gasteiger charge is 2.28. The van der Waals surface area contributed by atoms with Crippen molar-refractivity contribution in [2.75, 3.05) is 48.4 Å². The topological polar surface area (TPSA) is 91.0 Å². The Morgan fingerprint density at radius 3 is 2.21 bits per heavy atom. The second kappa shape index (κ2) is 12.3. The van der Waals surface area contributed by atoms with Gasteiger partial charge in [-0.1, -0.05) is 49.4 Å². The van der Waals surface area contributed by atoms with E-state index in [9.17, 15) is 13.2 Å². The predicted octanol–water partition coefficient (Wildman–Crippen LogP) is 4.80. The van der Waals surface area contributed by atoms with Gasteiger partial charge in [0.15, 0.2) is 0 Å². The van der Waals surface area contributed by atoms with Crippen molar-refractivity contribution in [1.82, 2.24) is 4.72 Å². The lowest BCUT2D eigenvalue weighted by atomic mass is 10.1. The van der Waals surface area contributed by atoms with Crippen molar-refractivity contribution in [3.8, 4) is 5.75 Å². The van der Waals surface area contributed by atoms with Crippen molar-refractivity contribution in [3.63, 3.8) is 0 Å². The van der Waals surface area contributed by atoms with Crippen LogP contribution in [0.4, 0.5) is 17.1 Å². The number of carbonyl (C=O) groups is 1. The molecule has 0 spiro atoms. The average molecular weight is 537 g/mol. The molecule has 202 valence electrons. The highest BCUT2D eigenvalue weighted by atomic mass is 32.2. The summed E-state index contributed by atoms with van der Waals surface area (Å²) in [6.07, 6.45) is 1.08. The molecule has 0 radical (unpaired) electrons. The van der Waals surface area contributed by atoms with E-state index in [0.717, 1.165) is 17.0 Å². The first-order chi connectivity index (χ1) is 18.3. The Bertz CT molecular complexity index is 1340. The quantitative estimate of drug-likeness (QED) is 0.387. The molecule has 8 nitrogen and oxygen atoms in total. The minimum absolute atomic E-state index is 0.139. The highest BCUT2D eigenvalue weighted by molar-refractivity contribution is 7.89. The van der Waals surface area contributed by atoms with Crippen LogP contribution in [0.5, 0.6) is 5.75 Å². The number of ether oxygens (including phenoxy) is 1. The van der Waals surface area contributed by atoms with Crippen LogP contribution < -0.4 is 24.6 Å². The number of sulfonamides is 1. The maximum atomic E-state index is 13.7. The SMILES string of the molecule is CCCC(=O)Nc1ccc(N2CCN(c3ccccc3OC)CC2)c(S(=O)(=O)N[C@@H](C)c2ccccc2)c1. The van der Waals surface area contributed by atoms with Gasteiger partial charge in [0.05, 0.1) is 18.5 Å². The van der Waals surface area contributed by atoms with Gasteiger partial charge < -0.3 is 19.9 Å². The zero-order valence-electron chi connectivity index (χ0n) is 22.2. The number of hydrogen-bond acceptors (Lipinski definition) is 6. The second-order valence-electron chi connectivity index (χ2n) is 9.38. The van der Waals surface area contributed by atoms with E-state index in [2.05, 4.69) is 19.8 Å². The van der Waals surface area contributed by atoms with E-state index in [1.165, 1.54) is 0 Å². The lowest BCUT2D eigenvalue weighted by molar-refractivity contribution is -0.116. The van der Waals surface area contributed by atoms with Crippen LogP contribution in [0.15, 0.2) is 77.7 Å². The van der Waals surface area contributed by atoms with Crippen molar-refractivity contribution in [3.05, 3.63) is 78.4 Å². The van der Waals surface area contributed by atoms with Gasteiger partial charge in [0.25, 0.3) is 0 Å². The van der Waals surface area contributed by atoms with Crippen molar-refractivity contribution in [2.24, 2.45) is 0 Å². The molecule has 1 fully saturated rings. The number of rotatable bonds is 10. The van der Waals surface area contributed by atoms with Crippen LogP contribution in [0.3, 0.4) is 0 Å². The molecule has 0 unspecified atom stereocenters. The summed E-state index contributed by atoms with van der Waals surface area (Å²) >= 11 is 0. The van der Waals surface area contributed by atoms with Gasteiger partial charge in [-0.2, -0.15) is 0 Å². The van der Waals surface area contributed by atoms with Crippen LogP contribution in [-0.4, -0.2) is 47.6 Å². The van der Waals surface area contributed by atoms with Gasteiger partial charge in [-0.15, -0.1) is 0 Å². The monoisotopic (exact) mass is 536 g/mol. The Morgan fingerprint density at radius 2 is 1.55 bits per heavy atom. The maximum Gasteiger partial charge on any atom is 0.243 e. The molecule has 9 heteroatoms. The second-order valence-corrected chi connectivity index (χ2v) is 11.1. The van der Waals surface area contributed by atoms with Crippen LogP contribution in [0, 0.1) is 0 Å². The Morgan fingerprint density at radius 1 is 0.921 bits per heavy atom. The first kappa shape index (κ1) is 27.5. The molecule has 4 rings (SSSR count). The molecule has 1 saturated heterocycles. The Balaban J connectivity index is 1.61. The molecular weight excluding hydrogens is 500 g/mol. The standard InChI is InChI=1S/C29H36N4O4S/c1-4-10-29(34)30-24-15-16-26(28(21-24)38(35,36)31-22(2)23-11-6-5-7-12-23)33-19-17-32(18-20-33)25-13-8-9-14-27(25)37-3/h5-9,11-16,21-22,31H,4,10,17-20H2,1-3H3,(H,30,34)/t22-/m0/s1. The van der Waals surface area contributed by atoms with Crippen molar-refractivity contribution in [2.45, 2.75) is 37.6 Å². The lowest BCUT2D eigenvalue weighted by Gasteiger charge is -2.38. The van der Waals surface area contributed by atoms with Gasteiger partial charge in [0, 0.05) is 44.3 Å².